The Morgan fingerprint density at radius 1 is 1.27 bits per heavy atom. The lowest BCUT2D eigenvalue weighted by Gasteiger charge is -2.13. The highest BCUT2D eigenvalue weighted by molar-refractivity contribution is 5.57. The number of nitrogens with zero attached hydrogens (tertiary/aromatic N) is 5. The van der Waals surface area contributed by atoms with Gasteiger partial charge in [0.05, 0.1) is 26.5 Å². The van der Waals surface area contributed by atoms with Crippen molar-refractivity contribution in [3.8, 4) is 17.4 Å². The Bertz CT molecular complexity index is 1500. The summed E-state index contributed by atoms with van der Waals surface area (Å²) < 4.78 is 12.4. The Hall–Kier alpha value is -4.35. The second-order valence-corrected chi connectivity index (χ2v) is 7.53. The number of hydrogen-bond acceptors (Lipinski definition) is 9. The van der Waals surface area contributed by atoms with Gasteiger partial charge in [0.15, 0.2) is 17.1 Å². The number of H-pyrrole nitrogens is 2. The predicted molar refractivity (Wildman–Crippen MR) is 118 cm³/mol. The Kier molecular flexibility index (Phi) is 5.17. The third-order valence-electron chi connectivity index (χ3n) is 5.18. The van der Waals surface area contributed by atoms with Crippen LogP contribution in [0.15, 0.2) is 34.2 Å². The van der Waals surface area contributed by atoms with Gasteiger partial charge in [-0.1, -0.05) is 12.1 Å². The van der Waals surface area contributed by atoms with Crippen molar-refractivity contribution in [1.29, 1.82) is 0 Å². The lowest BCUT2D eigenvalue weighted by molar-refractivity contribution is 0.352. The van der Waals surface area contributed by atoms with Crippen LogP contribution in [-0.4, -0.2) is 54.9 Å². The number of aromatic amines is 2. The normalized spacial score (nSPS) is 14.7. The smallest absolute Gasteiger partial charge is 0.326 e. The first kappa shape index (κ1) is 20.5. The Morgan fingerprint density at radius 3 is 2.82 bits per heavy atom. The first-order valence-corrected chi connectivity index (χ1v) is 10.3. The van der Waals surface area contributed by atoms with E-state index in [1.807, 2.05) is 18.2 Å². The molecule has 12 nitrogen and oxygen atoms in total. The molecule has 170 valence electrons. The van der Waals surface area contributed by atoms with Crippen LogP contribution in [-0.2, 0) is 6.54 Å². The van der Waals surface area contributed by atoms with Gasteiger partial charge in [-0.25, -0.2) is 9.79 Å². The van der Waals surface area contributed by atoms with Gasteiger partial charge in [0, 0.05) is 17.3 Å². The highest BCUT2D eigenvalue weighted by atomic mass is 16.5. The number of aromatic nitrogens is 6. The van der Waals surface area contributed by atoms with Gasteiger partial charge in [-0.05, 0) is 25.0 Å². The molecule has 3 heterocycles. The average Bonchev–Trinajstić information content (AvgIpc) is 3.45. The van der Waals surface area contributed by atoms with Crippen molar-refractivity contribution in [3.05, 3.63) is 57.0 Å². The zero-order chi connectivity index (χ0) is 22.9. The summed E-state index contributed by atoms with van der Waals surface area (Å²) in [5.74, 6) is 1.35. The molecule has 0 amide bonds. The molecule has 4 N–H and O–H groups in total. The minimum Gasteiger partial charge on any atom is -0.493 e. The van der Waals surface area contributed by atoms with Gasteiger partial charge in [-0.2, -0.15) is 19.6 Å². The Morgan fingerprint density at radius 2 is 2.12 bits per heavy atom. The number of imidazole rings is 1. The molecular formula is C21H22N8O4. The molecule has 1 aliphatic carbocycles. The van der Waals surface area contributed by atoms with Crippen LogP contribution >= 0.6 is 0 Å². The second kappa shape index (κ2) is 8.30. The summed E-state index contributed by atoms with van der Waals surface area (Å²) >= 11 is 0. The van der Waals surface area contributed by atoms with Crippen molar-refractivity contribution in [1.82, 2.24) is 29.5 Å². The molecule has 4 aromatic rings. The third kappa shape index (κ3) is 4.10. The van der Waals surface area contributed by atoms with Crippen molar-refractivity contribution >= 4 is 17.7 Å². The maximum absolute atomic E-state index is 11.5. The molecule has 1 saturated carbocycles. The number of rotatable bonds is 7. The van der Waals surface area contributed by atoms with E-state index in [0.717, 1.165) is 18.4 Å². The van der Waals surface area contributed by atoms with Gasteiger partial charge >= 0.3 is 5.69 Å². The summed E-state index contributed by atoms with van der Waals surface area (Å²) in [6, 6.07) is 5.85. The highest BCUT2D eigenvalue weighted by Gasteiger charge is 2.21. The predicted octanol–water partition coefficient (Wildman–Crippen LogP) is 0.0864. The molecule has 0 aliphatic heterocycles. The topological polar surface area (TPSA) is 155 Å². The number of anilines is 1. The average molecular weight is 450 g/mol. The van der Waals surface area contributed by atoms with Gasteiger partial charge in [-0.3, -0.25) is 4.98 Å². The molecule has 1 fully saturated rings. The molecule has 0 radical (unpaired) electrons. The highest BCUT2D eigenvalue weighted by Crippen LogP contribution is 2.30. The second-order valence-electron chi connectivity index (χ2n) is 7.53. The fraction of sp³-hybridized carbons (Fsp3) is 0.286. The van der Waals surface area contributed by atoms with E-state index in [1.165, 1.54) is 0 Å². The molecule has 3 aromatic heterocycles. The molecule has 1 aliphatic rings. The monoisotopic (exact) mass is 450 g/mol. The summed E-state index contributed by atoms with van der Waals surface area (Å²) in [4.78, 5) is 30.1. The van der Waals surface area contributed by atoms with Crippen LogP contribution in [0.25, 0.3) is 11.7 Å². The number of hydrogen-bond donors (Lipinski definition) is 4. The minimum absolute atomic E-state index is 0.219. The fourth-order valence-corrected chi connectivity index (χ4v) is 3.43. The van der Waals surface area contributed by atoms with Gasteiger partial charge in [0.25, 0.3) is 5.62 Å². The number of para-hydroxylation sites is 1. The molecule has 0 unspecified atom stereocenters. The van der Waals surface area contributed by atoms with Crippen LogP contribution in [0.3, 0.4) is 0 Å². The third-order valence-corrected chi connectivity index (χ3v) is 5.18. The number of ether oxygens (including phenoxy) is 2. The minimum atomic E-state index is -0.510. The van der Waals surface area contributed by atoms with E-state index in [9.17, 15) is 9.90 Å². The van der Waals surface area contributed by atoms with Crippen LogP contribution in [0.5, 0.6) is 17.4 Å². The first-order chi connectivity index (χ1) is 16.1. The van der Waals surface area contributed by atoms with Gasteiger partial charge in [0.2, 0.25) is 11.8 Å². The number of fused-ring (bicyclic) bond motifs is 1. The van der Waals surface area contributed by atoms with Crippen LogP contribution in [0.2, 0.25) is 0 Å². The number of methoxy groups -OCH3 is 2. The van der Waals surface area contributed by atoms with Crippen LogP contribution in [0.1, 0.15) is 24.1 Å². The van der Waals surface area contributed by atoms with Gasteiger partial charge < -0.3 is 24.9 Å². The Labute approximate surface area is 186 Å². The van der Waals surface area contributed by atoms with E-state index in [-0.39, 0.29) is 17.6 Å². The van der Waals surface area contributed by atoms with Crippen molar-refractivity contribution in [2.24, 2.45) is 4.99 Å². The molecule has 0 saturated heterocycles. The summed E-state index contributed by atoms with van der Waals surface area (Å²) in [6.07, 6.45) is 5.18. The lowest BCUT2D eigenvalue weighted by atomic mass is 10.2. The number of benzene rings is 1. The zero-order valence-corrected chi connectivity index (χ0v) is 18.0. The van der Waals surface area contributed by atoms with Crippen LogP contribution < -0.4 is 31.3 Å². The molecular weight excluding hydrogens is 428 g/mol. The standard InChI is InChI=1S/C21H22N8O4/c1-32-15-5-3-4-11(16(15)33-2)9-22-19-26-17-12(8-14-18(30)27-21(31)25-14)10-23-29(17)20(28-19)24-13-6-7-13/h3-5,8,10,13,30H,6-7,9H2,1-2H3,(H,22,24,28)(H2,25,27,31). The van der Waals surface area contributed by atoms with E-state index in [1.54, 1.807) is 31.0 Å². The maximum atomic E-state index is 11.5. The van der Waals surface area contributed by atoms with Crippen molar-refractivity contribution < 1.29 is 14.6 Å². The molecule has 12 heteroatoms. The summed E-state index contributed by atoms with van der Waals surface area (Å²) in [6.45, 7) is 0.387. The van der Waals surface area contributed by atoms with Crippen LogP contribution in [0, 0.1) is 0 Å². The van der Waals surface area contributed by atoms with Crippen molar-refractivity contribution in [2.45, 2.75) is 25.4 Å². The number of aromatic hydroxyl groups is 1. The Balaban J connectivity index is 1.57. The lowest BCUT2D eigenvalue weighted by Crippen LogP contribution is -2.24. The van der Waals surface area contributed by atoms with Crippen molar-refractivity contribution in [3.63, 3.8) is 0 Å². The largest absolute Gasteiger partial charge is 0.493 e. The fourth-order valence-electron chi connectivity index (χ4n) is 3.43. The summed E-state index contributed by atoms with van der Waals surface area (Å²) in [5, 5.41) is 18.1. The molecule has 0 spiro atoms. The molecule has 33 heavy (non-hydrogen) atoms. The van der Waals surface area contributed by atoms with E-state index in [0.29, 0.717) is 40.5 Å². The van der Waals surface area contributed by atoms with Gasteiger partial charge in [0.1, 0.15) is 5.69 Å². The molecule has 1 aromatic carbocycles. The van der Waals surface area contributed by atoms with E-state index < -0.39 is 5.69 Å². The first-order valence-electron chi connectivity index (χ1n) is 10.3. The van der Waals surface area contributed by atoms with E-state index in [4.69, 9.17) is 9.47 Å². The summed E-state index contributed by atoms with van der Waals surface area (Å²) in [5.41, 5.74) is 1.49. The molecule has 5 rings (SSSR count). The van der Waals surface area contributed by atoms with E-state index in [2.05, 4.69) is 35.3 Å². The maximum Gasteiger partial charge on any atom is 0.326 e. The summed E-state index contributed by atoms with van der Waals surface area (Å²) in [7, 11) is 3.18. The number of nitrogens with one attached hydrogen (secondary N) is 3. The van der Waals surface area contributed by atoms with E-state index >= 15 is 0 Å². The zero-order valence-electron chi connectivity index (χ0n) is 18.0. The quantitative estimate of drug-likeness (QED) is 0.309. The SMILES string of the molecule is COc1cccc(CNc2nc(=NC3CC3)n3ncc(=Cc4[nH]c(=O)[nH]c4O)c3n2)c1OC. The molecule has 0 bridgehead atoms. The molecule has 0 atom stereocenters. The van der Waals surface area contributed by atoms with Crippen LogP contribution in [0.4, 0.5) is 5.95 Å². The van der Waals surface area contributed by atoms with Crippen molar-refractivity contribution in [2.75, 3.05) is 19.5 Å². The van der Waals surface area contributed by atoms with Gasteiger partial charge in [-0.15, -0.1) is 0 Å².